The highest BCUT2D eigenvalue weighted by molar-refractivity contribution is 6.06. The van der Waals surface area contributed by atoms with E-state index in [9.17, 15) is 19.7 Å². The van der Waals surface area contributed by atoms with Crippen LogP contribution in [0.2, 0.25) is 0 Å². The van der Waals surface area contributed by atoms with Crippen molar-refractivity contribution in [1.29, 1.82) is 0 Å². The minimum absolute atomic E-state index is 0.0272. The van der Waals surface area contributed by atoms with Crippen LogP contribution in [0.4, 0.5) is 11.4 Å². The van der Waals surface area contributed by atoms with Gasteiger partial charge in [-0.3, -0.25) is 19.7 Å². The van der Waals surface area contributed by atoms with Crippen LogP contribution in [0.3, 0.4) is 0 Å². The number of nitrogens with zero attached hydrogens (tertiary/aromatic N) is 2. The number of methoxy groups -OCH3 is 2. The molecule has 0 saturated carbocycles. The van der Waals surface area contributed by atoms with Gasteiger partial charge in [0.15, 0.2) is 6.61 Å². The van der Waals surface area contributed by atoms with Gasteiger partial charge in [0.1, 0.15) is 22.9 Å². The summed E-state index contributed by atoms with van der Waals surface area (Å²) in [5, 5.41) is 17.5. The van der Waals surface area contributed by atoms with Crippen molar-refractivity contribution in [3.8, 4) is 17.2 Å². The Bertz CT molecular complexity index is 991. The highest BCUT2D eigenvalue weighted by Gasteiger charge is 2.17. The van der Waals surface area contributed by atoms with Gasteiger partial charge >= 0.3 is 0 Å². The minimum atomic E-state index is -0.623. The molecule has 164 valence electrons. The lowest BCUT2D eigenvalue weighted by atomic mass is 10.2. The molecule has 0 aliphatic carbocycles. The van der Waals surface area contributed by atoms with Gasteiger partial charge in [-0.15, -0.1) is 0 Å². The molecule has 0 aliphatic heterocycles. The maximum absolute atomic E-state index is 12.2. The molecule has 11 nitrogen and oxygen atoms in total. The quantitative estimate of drug-likeness (QED) is 0.335. The van der Waals surface area contributed by atoms with Gasteiger partial charge in [0.2, 0.25) is 5.91 Å². The average molecular weight is 430 g/mol. The molecule has 11 heteroatoms. The van der Waals surface area contributed by atoms with Gasteiger partial charge in [-0.25, -0.2) is 5.43 Å². The third-order valence-electron chi connectivity index (χ3n) is 3.87. The smallest absolute Gasteiger partial charge is 0.296 e. The van der Waals surface area contributed by atoms with E-state index >= 15 is 0 Å². The number of nitrogens with one attached hydrogen (secondary N) is 2. The molecule has 0 atom stereocenters. The van der Waals surface area contributed by atoms with Crippen LogP contribution in [-0.4, -0.2) is 43.3 Å². The highest BCUT2D eigenvalue weighted by atomic mass is 16.6. The third kappa shape index (κ3) is 7.31. The lowest BCUT2D eigenvalue weighted by Gasteiger charge is -2.08. The number of hydrogen-bond donors (Lipinski definition) is 2. The SMILES string of the molecule is COc1cccc(OCC(=O)NN=C(C)CC(=O)Nc2ccc(OC)cc2[N+](=O)[O-])c1. The van der Waals surface area contributed by atoms with E-state index in [0.29, 0.717) is 23.0 Å². The Hall–Kier alpha value is -4.15. The highest BCUT2D eigenvalue weighted by Crippen LogP contribution is 2.29. The second kappa shape index (κ2) is 11.1. The van der Waals surface area contributed by atoms with E-state index in [4.69, 9.17) is 14.2 Å². The van der Waals surface area contributed by atoms with Crippen LogP contribution in [0.5, 0.6) is 17.2 Å². The molecule has 0 radical (unpaired) electrons. The molecule has 31 heavy (non-hydrogen) atoms. The maximum atomic E-state index is 12.2. The van der Waals surface area contributed by atoms with Crippen molar-refractivity contribution in [3.63, 3.8) is 0 Å². The van der Waals surface area contributed by atoms with E-state index in [1.54, 1.807) is 24.3 Å². The van der Waals surface area contributed by atoms with E-state index in [1.165, 1.54) is 39.3 Å². The number of rotatable bonds is 10. The number of anilines is 1. The lowest BCUT2D eigenvalue weighted by Crippen LogP contribution is -2.26. The number of carbonyl (C=O) groups excluding carboxylic acids is 2. The summed E-state index contributed by atoms with van der Waals surface area (Å²) in [5.74, 6) is 0.289. The molecule has 0 aliphatic rings. The predicted molar refractivity (Wildman–Crippen MR) is 113 cm³/mol. The van der Waals surface area contributed by atoms with Crippen molar-refractivity contribution in [2.24, 2.45) is 5.10 Å². The Morgan fingerprint density at radius 2 is 1.71 bits per heavy atom. The first-order chi connectivity index (χ1) is 14.8. The van der Waals surface area contributed by atoms with Gasteiger partial charge in [0.05, 0.1) is 31.6 Å². The zero-order valence-electron chi connectivity index (χ0n) is 17.2. The lowest BCUT2D eigenvalue weighted by molar-refractivity contribution is -0.384. The van der Waals surface area contributed by atoms with E-state index in [0.717, 1.165) is 0 Å². The van der Waals surface area contributed by atoms with Crippen LogP contribution in [0.25, 0.3) is 0 Å². The summed E-state index contributed by atoms with van der Waals surface area (Å²) >= 11 is 0. The van der Waals surface area contributed by atoms with E-state index < -0.39 is 16.7 Å². The van der Waals surface area contributed by atoms with Crippen LogP contribution in [0.15, 0.2) is 47.6 Å². The molecule has 0 unspecified atom stereocenters. The largest absolute Gasteiger partial charge is 0.497 e. The number of carbonyl (C=O) groups is 2. The van der Waals surface area contributed by atoms with E-state index in [2.05, 4.69) is 15.8 Å². The zero-order chi connectivity index (χ0) is 22.8. The third-order valence-corrected chi connectivity index (χ3v) is 3.87. The Morgan fingerprint density at radius 3 is 2.39 bits per heavy atom. The predicted octanol–water partition coefficient (Wildman–Crippen LogP) is 2.51. The van der Waals surface area contributed by atoms with E-state index in [1.807, 2.05) is 0 Å². The van der Waals surface area contributed by atoms with Crippen LogP contribution in [0, 0.1) is 10.1 Å². The molecule has 0 spiro atoms. The monoisotopic (exact) mass is 430 g/mol. The molecule has 2 amide bonds. The molecular formula is C20H22N4O7. The molecule has 0 saturated heterocycles. The van der Waals surface area contributed by atoms with Crippen molar-refractivity contribution in [1.82, 2.24) is 5.43 Å². The number of nitro benzene ring substituents is 1. The number of hydrogen-bond acceptors (Lipinski definition) is 8. The Kier molecular flexibility index (Phi) is 8.31. The van der Waals surface area contributed by atoms with Crippen LogP contribution in [-0.2, 0) is 9.59 Å². The van der Waals surface area contributed by atoms with Gasteiger partial charge in [-0.05, 0) is 31.2 Å². The fourth-order valence-electron chi connectivity index (χ4n) is 2.39. The Balaban J connectivity index is 1.86. The van der Waals surface area contributed by atoms with Crippen LogP contribution >= 0.6 is 0 Å². The van der Waals surface area contributed by atoms with Gasteiger partial charge in [0, 0.05) is 11.8 Å². The summed E-state index contributed by atoms with van der Waals surface area (Å²) in [5.41, 5.74) is 2.30. The summed E-state index contributed by atoms with van der Waals surface area (Å²) in [6.07, 6.45) is -0.180. The topological polar surface area (TPSA) is 141 Å². The van der Waals surface area contributed by atoms with Gasteiger partial charge in [-0.2, -0.15) is 5.10 Å². The summed E-state index contributed by atoms with van der Waals surface area (Å²) < 4.78 is 15.4. The molecule has 0 aromatic heterocycles. The second-order valence-electron chi connectivity index (χ2n) is 6.21. The zero-order valence-corrected chi connectivity index (χ0v) is 17.2. The number of ether oxygens (including phenoxy) is 3. The number of amides is 2. The summed E-state index contributed by atoms with van der Waals surface area (Å²) in [4.78, 5) is 34.6. The van der Waals surface area contributed by atoms with Crippen molar-refractivity contribution >= 4 is 28.9 Å². The summed E-state index contributed by atoms with van der Waals surface area (Å²) in [6.45, 7) is 1.25. The molecule has 0 fully saturated rings. The van der Waals surface area contributed by atoms with E-state index in [-0.39, 0.29) is 24.4 Å². The van der Waals surface area contributed by atoms with Crippen LogP contribution < -0.4 is 25.0 Å². The maximum Gasteiger partial charge on any atom is 0.296 e. The first kappa shape index (κ1) is 23.1. The first-order valence-electron chi connectivity index (χ1n) is 9.03. The normalized spacial score (nSPS) is 10.7. The number of nitro groups is 1. The Morgan fingerprint density at radius 1 is 1.03 bits per heavy atom. The molecule has 0 bridgehead atoms. The molecular weight excluding hydrogens is 408 g/mol. The van der Waals surface area contributed by atoms with Gasteiger partial charge in [-0.1, -0.05) is 6.07 Å². The van der Waals surface area contributed by atoms with Crippen molar-refractivity contribution in [3.05, 3.63) is 52.6 Å². The average Bonchev–Trinajstić information content (AvgIpc) is 2.76. The second-order valence-corrected chi connectivity index (χ2v) is 6.21. The molecule has 2 aromatic rings. The molecule has 0 heterocycles. The van der Waals surface area contributed by atoms with Crippen molar-refractivity contribution in [2.75, 3.05) is 26.1 Å². The van der Waals surface area contributed by atoms with Gasteiger partial charge < -0.3 is 19.5 Å². The van der Waals surface area contributed by atoms with Crippen LogP contribution in [0.1, 0.15) is 13.3 Å². The molecule has 2 rings (SSSR count). The fraction of sp³-hybridized carbons (Fsp3) is 0.250. The minimum Gasteiger partial charge on any atom is -0.497 e. The molecule has 2 aromatic carbocycles. The summed E-state index contributed by atoms with van der Waals surface area (Å²) in [7, 11) is 2.90. The molecule has 2 N–H and O–H groups in total. The summed E-state index contributed by atoms with van der Waals surface area (Å²) in [6, 6.07) is 10.8. The fourth-order valence-corrected chi connectivity index (χ4v) is 2.39. The van der Waals surface area contributed by atoms with Crippen molar-refractivity contribution in [2.45, 2.75) is 13.3 Å². The first-order valence-corrected chi connectivity index (χ1v) is 9.03. The Labute approximate surface area is 178 Å². The van der Waals surface area contributed by atoms with Crippen molar-refractivity contribution < 1.29 is 28.7 Å². The number of benzene rings is 2. The van der Waals surface area contributed by atoms with Gasteiger partial charge in [0.25, 0.3) is 11.6 Å². The standard InChI is InChI=1S/C20H22N4O7/c1-13(22-23-20(26)12-31-16-6-4-5-14(10-16)29-2)9-19(25)21-17-8-7-15(30-3)11-18(17)24(27)28/h4-8,10-11H,9,12H2,1-3H3,(H,21,25)(H,23,26). The number of hydrazone groups is 1.